The molecule has 2 heteroatoms. The van der Waals surface area contributed by atoms with E-state index in [0.29, 0.717) is 6.61 Å². The van der Waals surface area contributed by atoms with E-state index in [2.05, 4.69) is 0 Å². The maximum absolute atomic E-state index is 11.7. The van der Waals surface area contributed by atoms with E-state index in [4.69, 9.17) is 4.74 Å². The van der Waals surface area contributed by atoms with Gasteiger partial charge >= 0.3 is 5.97 Å². The Bertz CT molecular complexity index is 341. The van der Waals surface area contributed by atoms with E-state index in [1.165, 1.54) is 12.8 Å². The first kappa shape index (κ1) is 11.2. The molecule has 2 nitrogen and oxygen atoms in total. The molecule has 2 rings (SSSR count). The summed E-state index contributed by atoms with van der Waals surface area (Å²) in [5, 5.41) is 0. The Morgan fingerprint density at radius 1 is 1.38 bits per heavy atom. The lowest BCUT2D eigenvalue weighted by atomic mass is 10.1. The molecule has 1 unspecified atom stereocenters. The van der Waals surface area contributed by atoms with Gasteiger partial charge in [0.1, 0.15) is 6.61 Å². The highest BCUT2D eigenvalue weighted by Crippen LogP contribution is 2.35. The fourth-order valence-corrected chi connectivity index (χ4v) is 1.82. The lowest BCUT2D eigenvalue weighted by molar-refractivity contribution is -0.149. The second kappa shape index (κ2) is 5.15. The molecule has 0 aromatic heterocycles. The molecule has 0 spiro atoms. The standard InChI is InChI=1S/C14H18O2/c1-11(9-12-7-8-12)14(15)16-10-13-5-3-2-4-6-13/h2-6,11-12H,7-10H2,1H3. The third kappa shape index (κ3) is 3.37. The lowest BCUT2D eigenvalue weighted by Crippen LogP contribution is -2.15. The molecule has 16 heavy (non-hydrogen) atoms. The summed E-state index contributed by atoms with van der Waals surface area (Å²) in [6, 6.07) is 9.81. The van der Waals surface area contributed by atoms with Gasteiger partial charge in [-0.1, -0.05) is 50.1 Å². The van der Waals surface area contributed by atoms with Gasteiger partial charge < -0.3 is 4.74 Å². The largest absolute Gasteiger partial charge is 0.461 e. The van der Waals surface area contributed by atoms with Gasteiger partial charge in [0.05, 0.1) is 5.92 Å². The molecule has 0 N–H and O–H groups in total. The van der Waals surface area contributed by atoms with Crippen LogP contribution in [0.1, 0.15) is 31.7 Å². The van der Waals surface area contributed by atoms with Crippen LogP contribution in [0, 0.1) is 11.8 Å². The van der Waals surface area contributed by atoms with Crippen molar-refractivity contribution in [3.05, 3.63) is 35.9 Å². The van der Waals surface area contributed by atoms with Gasteiger partial charge in [-0.2, -0.15) is 0 Å². The molecular formula is C14H18O2. The van der Waals surface area contributed by atoms with Gasteiger partial charge in [-0.3, -0.25) is 4.79 Å². The van der Waals surface area contributed by atoms with Crippen molar-refractivity contribution in [1.82, 2.24) is 0 Å². The molecular weight excluding hydrogens is 200 g/mol. The van der Waals surface area contributed by atoms with E-state index in [1.807, 2.05) is 37.3 Å². The summed E-state index contributed by atoms with van der Waals surface area (Å²) in [6.07, 6.45) is 3.57. The second-order valence-electron chi connectivity index (χ2n) is 4.67. The number of esters is 1. The molecule has 1 aliphatic rings. The first-order chi connectivity index (χ1) is 7.75. The van der Waals surface area contributed by atoms with Crippen molar-refractivity contribution in [3.8, 4) is 0 Å². The maximum Gasteiger partial charge on any atom is 0.308 e. The molecule has 0 radical (unpaired) electrons. The van der Waals surface area contributed by atoms with Crippen LogP contribution in [0.15, 0.2) is 30.3 Å². The molecule has 1 atom stereocenters. The number of hydrogen-bond acceptors (Lipinski definition) is 2. The van der Waals surface area contributed by atoms with Gasteiger partial charge in [-0.05, 0) is 17.9 Å². The summed E-state index contributed by atoms with van der Waals surface area (Å²) in [6.45, 7) is 2.36. The van der Waals surface area contributed by atoms with Crippen molar-refractivity contribution >= 4 is 5.97 Å². The van der Waals surface area contributed by atoms with Crippen LogP contribution in [0.25, 0.3) is 0 Å². The Balaban J connectivity index is 1.74. The average molecular weight is 218 g/mol. The first-order valence-electron chi connectivity index (χ1n) is 5.96. The summed E-state index contributed by atoms with van der Waals surface area (Å²) in [7, 11) is 0. The van der Waals surface area contributed by atoms with Crippen LogP contribution in [0.5, 0.6) is 0 Å². The molecule has 86 valence electrons. The van der Waals surface area contributed by atoms with Gasteiger partial charge in [0.2, 0.25) is 0 Å². The van der Waals surface area contributed by atoms with Crippen molar-refractivity contribution in [1.29, 1.82) is 0 Å². The van der Waals surface area contributed by atoms with Gasteiger partial charge in [0, 0.05) is 0 Å². The summed E-state index contributed by atoms with van der Waals surface area (Å²) in [5.74, 6) is 0.770. The predicted octanol–water partition coefficient (Wildman–Crippen LogP) is 3.17. The van der Waals surface area contributed by atoms with Crippen LogP contribution in [0.3, 0.4) is 0 Å². The number of hydrogen-bond donors (Lipinski definition) is 0. The molecule has 0 amide bonds. The Morgan fingerprint density at radius 3 is 2.69 bits per heavy atom. The third-order valence-corrected chi connectivity index (χ3v) is 3.01. The molecule has 0 saturated heterocycles. The second-order valence-corrected chi connectivity index (χ2v) is 4.67. The monoisotopic (exact) mass is 218 g/mol. The van der Waals surface area contributed by atoms with E-state index in [9.17, 15) is 4.79 Å². The number of rotatable bonds is 5. The van der Waals surface area contributed by atoms with Crippen molar-refractivity contribution in [2.45, 2.75) is 32.8 Å². The topological polar surface area (TPSA) is 26.3 Å². The maximum atomic E-state index is 11.7. The normalized spacial score (nSPS) is 16.8. The predicted molar refractivity (Wildman–Crippen MR) is 62.7 cm³/mol. The summed E-state index contributed by atoms with van der Waals surface area (Å²) in [4.78, 5) is 11.7. The quantitative estimate of drug-likeness (QED) is 0.709. The molecule has 0 bridgehead atoms. The van der Waals surface area contributed by atoms with E-state index < -0.39 is 0 Å². The van der Waals surface area contributed by atoms with Crippen molar-refractivity contribution in [3.63, 3.8) is 0 Å². The number of carbonyl (C=O) groups excluding carboxylic acids is 1. The van der Waals surface area contributed by atoms with Gasteiger partial charge in [0.25, 0.3) is 0 Å². The first-order valence-corrected chi connectivity index (χ1v) is 5.96. The van der Waals surface area contributed by atoms with Crippen LogP contribution < -0.4 is 0 Å². The zero-order valence-corrected chi connectivity index (χ0v) is 9.69. The zero-order chi connectivity index (χ0) is 11.4. The molecule has 1 aromatic carbocycles. The summed E-state index contributed by atoms with van der Waals surface area (Å²) < 4.78 is 5.28. The molecule has 0 heterocycles. The van der Waals surface area contributed by atoms with E-state index >= 15 is 0 Å². The SMILES string of the molecule is CC(CC1CC1)C(=O)OCc1ccccc1. The number of ether oxygens (including phenoxy) is 1. The van der Waals surface area contributed by atoms with Crippen LogP contribution >= 0.6 is 0 Å². The zero-order valence-electron chi connectivity index (χ0n) is 9.69. The van der Waals surface area contributed by atoms with Gasteiger partial charge in [-0.15, -0.1) is 0 Å². The average Bonchev–Trinajstić information content (AvgIpc) is 3.11. The van der Waals surface area contributed by atoms with Crippen LogP contribution in [0.4, 0.5) is 0 Å². The Hall–Kier alpha value is -1.31. The molecule has 1 saturated carbocycles. The van der Waals surface area contributed by atoms with Crippen molar-refractivity contribution in [2.24, 2.45) is 11.8 Å². The molecule has 1 fully saturated rings. The lowest BCUT2D eigenvalue weighted by Gasteiger charge is -2.10. The summed E-state index contributed by atoms with van der Waals surface area (Å²) >= 11 is 0. The van der Waals surface area contributed by atoms with Crippen LogP contribution in [-0.4, -0.2) is 5.97 Å². The van der Waals surface area contributed by atoms with Crippen LogP contribution in [-0.2, 0) is 16.1 Å². The minimum absolute atomic E-state index is 0.0520. The fourth-order valence-electron chi connectivity index (χ4n) is 1.82. The van der Waals surface area contributed by atoms with E-state index in [-0.39, 0.29) is 11.9 Å². The summed E-state index contributed by atoms with van der Waals surface area (Å²) in [5.41, 5.74) is 1.05. The highest BCUT2D eigenvalue weighted by atomic mass is 16.5. The van der Waals surface area contributed by atoms with Gasteiger partial charge in [-0.25, -0.2) is 0 Å². The highest BCUT2D eigenvalue weighted by molar-refractivity contribution is 5.72. The minimum atomic E-state index is -0.0595. The Morgan fingerprint density at radius 2 is 2.06 bits per heavy atom. The number of carbonyl (C=O) groups is 1. The van der Waals surface area contributed by atoms with E-state index in [1.54, 1.807) is 0 Å². The minimum Gasteiger partial charge on any atom is -0.461 e. The van der Waals surface area contributed by atoms with E-state index in [0.717, 1.165) is 17.9 Å². The molecule has 1 aromatic rings. The van der Waals surface area contributed by atoms with Crippen molar-refractivity contribution in [2.75, 3.05) is 0 Å². The van der Waals surface area contributed by atoms with Crippen LogP contribution in [0.2, 0.25) is 0 Å². The Kier molecular flexibility index (Phi) is 3.60. The fraction of sp³-hybridized carbons (Fsp3) is 0.500. The third-order valence-electron chi connectivity index (χ3n) is 3.01. The smallest absolute Gasteiger partial charge is 0.308 e. The molecule has 1 aliphatic carbocycles. The Labute approximate surface area is 96.6 Å². The van der Waals surface area contributed by atoms with Gasteiger partial charge in [0.15, 0.2) is 0 Å². The van der Waals surface area contributed by atoms with Crippen molar-refractivity contribution < 1.29 is 9.53 Å². The number of benzene rings is 1. The molecule has 0 aliphatic heterocycles. The highest BCUT2D eigenvalue weighted by Gasteiger charge is 2.27.